The number of methoxy groups -OCH3 is 2. The van der Waals surface area contributed by atoms with Gasteiger partial charge in [0.2, 0.25) is 5.91 Å². The summed E-state index contributed by atoms with van der Waals surface area (Å²) >= 11 is 0. The lowest BCUT2D eigenvalue weighted by Crippen LogP contribution is -2.39. The van der Waals surface area contributed by atoms with Crippen LogP contribution >= 0.6 is 0 Å². The van der Waals surface area contributed by atoms with Gasteiger partial charge in [0, 0.05) is 24.8 Å². The monoisotopic (exact) mass is 314 g/mol. The van der Waals surface area contributed by atoms with Crippen LogP contribution in [0.5, 0.6) is 5.75 Å². The van der Waals surface area contributed by atoms with E-state index in [4.69, 9.17) is 15.2 Å². The molecule has 0 spiro atoms. The molecule has 0 fully saturated rings. The molecule has 1 atom stereocenters. The highest BCUT2D eigenvalue weighted by molar-refractivity contribution is 5.94. The molecule has 0 aliphatic rings. The van der Waals surface area contributed by atoms with E-state index < -0.39 is 6.04 Å². The van der Waals surface area contributed by atoms with Crippen molar-refractivity contribution in [3.05, 3.63) is 59.7 Å². The zero-order chi connectivity index (χ0) is 16.7. The molecule has 0 aromatic heterocycles. The van der Waals surface area contributed by atoms with Crippen molar-refractivity contribution in [1.82, 2.24) is 0 Å². The van der Waals surface area contributed by atoms with E-state index >= 15 is 0 Å². The molecule has 2 aromatic carbocycles. The number of carbonyl (C=O) groups excluding carboxylic acids is 1. The van der Waals surface area contributed by atoms with Crippen LogP contribution in [0.2, 0.25) is 0 Å². The van der Waals surface area contributed by atoms with Gasteiger partial charge < -0.3 is 20.5 Å². The highest BCUT2D eigenvalue weighted by Crippen LogP contribution is 2.25. The van der Waals surface area contributed by atoms with Gasteiger partial charge >= 0.3 is 0 Å². The van der Waals surface area contributed by atoms with E-state index in [1.54, 1.807) is 13.2 Å². The first-order valence-corrected chi connectivity index (χ1v) is 7.40. The van der Waals surface area contributed by atoms with Crippen molar-refractivity contribution in [3.8, 4) is 5.75 Å². The van der Waals surface area contributed by atoms with E-state index in [9.17, 15) is 4.79 Å². The SMILES string of the molecule is COCC(N)C(=O)Nc1ccc(OC)c(Cc2ccccc2)c1. The molecule has 0 bridgehead atoms. The maximum Gasteiger partial charge on any atom is 0.243 e. The average Bonchev–Trinajstić information content (AvgIpc) is 2.56. The van der Waals surface area contributed by atoms with E-state index in [2.05, 4.69) is 17.4 Å². The Balaban J connectivity index is 2.16. The number of anilines is 1. The zero-order valence-electron chi connectivity index (χ0n) is 13.4. The Kier molecular flexibility index (Phi) is 6.14. The number of amides is 1. The number of rotatable bonds is 7. The number of ether oxygens (including phenoxy) is 2. The molecular formula is C18H22N2O3. The van der Waals surface area contributed by atoms with Crippen molar-refractivity contribution >= 4 is 11.6 Å². The lowest BCUT2D eigenvalue weighted by Gasteiger charge is -2.14. The molecule has 0 heterocycles. The molecule has 0 aliphatic heterocycles. The van der Waals surface area contributed by atoms with Crippen molar-refractivity contribution in [2.24, 2.45) is 5.73 Å². The third kappa shape index (κ3) is 4.81. The number of hydrogen-bond donors (Lipinski definition) is 2. The Bertz CT molecular complexity index is 644. The summed E-state index contributed by atoms with van der Waals surface area (Å²) in [6.45, 7) is 0.179. The van der Waals surface area contributed by atoms with Gasteiger partial charge in [-0.15, -0.1) is 0 Å². The van der Waals surface area contributed by atoms with Gasteiger partial charge in [-0.05, 0) is 23.8 Å². The maximum absolute atomic E-state index is 12.0. The molecule has 23 heavy (non-hydrogen) atoms. The van der Waals surface area contributed by atoms with E-state index in [1.165, 1.54) is 12.7 Å². The Morgan fingerprint density at radius 2 is 1.91 bits per heavy atom. The maximum atomic E-state index is 12.0. The summed E-state index contributed by atoms with van der Waals surface area (Å²) in [7, 11) is 3.15. The predicted octanol–water partition coefficient (Wildman–Crippen LogP) is 2.20. The largest absolute Gasteiger partial charge is 0.496 e. The van der Waals surface area contributed by atoms with Gasteiger partial charge in [0.15, 0.2) is 0 Å². The average molecular weight is 314 g/mol. The second-order valence-corrected chi connectivity index (χ2v) is 5.24. The van der Waals surface area contributed by atoms with Crippen LogP contribution in [0.3, 0.4) is 0 Å². The molecule has 0 saturated heterocycles. The Morgan fingerprint density at radius 3 is 2.57 bits per heavy atom. The van der Waals surface area contributed by atoms with Gasteiger partial charge in [-0.25, -0.2) is 0 Å². The van der Waals surface area contributed by atoms with Crippen LogP contribution in [0.25, 0.3) is 0 Å². The summed E-state index contributed by atoms with van der Waals surface area (Å²) in [5, 5.41) is 2.80. The van der Waals surface area contributed by atoms with Crippen molar-refractivity contribution in [2.75, 3.05) is 26.1 Å². The Labute approximate surface area is 136 Å². The minimum atomic E-state index is -0.695. The van der Waals surface area contributed by atoms with Gasteiger partial charge in [-0.1, -0.05) is 30.3 Å². The van der Waals surface area contributed by atoms with Gasteiger partial charge in [0.25, 0.3) is 0 Å². The Morgan fingerprint density at radius 1 is 1.17 bits per heavy atom. The van der Waals surface area contributed by atoms with Gasteiger partial charge in [-0.3, -0.25) is 4.79 Å². The summed E-state index contributed by atoms with van der Waals surface area (Å²) in [6, 6.07) is 14.9. The summed E-state index contributed by atoms with van der Waals surface area (Å²) < 4.78 is 10.3. The number of nitrogens with one attached hydrogen (secondary N) is 1. The fourth-order valence-corrected chi connectivity index (χ4v) is 2.30. The van der Waals surface area contributed by atoms with Crippen LogP contribution in [-0.4, -0.2) is 32.8 Å². The van der Waals surface area contributed by atoms with Gasteiger partial charge in [-0.2, -0.15) is 0 Å². The number of hydrogen-bond acceptors (Lipinski definition) is 4. The minimum Gasteiger partial charge on any atom is -0.496 e. The van der Waals surface area contributed by atoms with Gasteiger partial charge in [0.1, 0.15) is 11.8 Å². The fourth-order valence-electron chi connectivity index (χ4n) is 2.30. The zero-order valence-corrected chi connectivity index (χ0v) is 13.4. The van der Waals surface area contributed by atoms with Crippen molar-refractivity contribution in [2.45, 2.75) is 12.5 Å². The number of nitrogens with two attached hydrogens (primary N) is 1. The van der Waals surface area contributed by atoms with E-state index in [1.807, 2.05) is 30.3 Å². The standard InChI is InChI=1S/C18H22N2O3/c1-22-12-16(19)18(21)20-15-8-9-17(23-2)14(11-15)10-13-6-4-3-5-7-13/h3-9,11,16H,10,12,19H2,1-2H3,(H,20,21). The first kappa shape index (κ1) is 17.0. The lowest BCUT2D eigenvalue weighted by molar-refractivity contribution is -0.118. The normalized spacial score (nSPS) is 11.8. The quantitative estimate of drug-likeness (QED) is 0.821. The molecule has 5 nitrogen and oxygen atoms in total. The molecule has 2 rings (SSSR count). The van der Waals surface area contributed by atoms with E-state index in [0.717, 1.165) is 17.7 Å². The van der Waals surface area contributed by atoms with Crippen LogP contribution in [0.15, 0.2) is 48.5 Å². The third-order valence-electron chi connectivity index (χ3n) is 3.47. The van der Waals surface area contributed by atoms with Crippen LogP contribution in [-0.2, 0) is 16.0 Å². The molecule has 2 aromatic rings. The first-order valence-electron chi connectivity index (χ1n) is 7.40. The van der Waals surface area contributed by atoms with Crippen molar-refractivity contribution < 1.29 is 14.3 Å². The van der Waals surface area contributed by atoms with E-state index in [0.29, 0.717) is 5.69 Å². The fraction of sp³-hybridized carbons (Fsp3) is 0.278. The molecule has 1 unspecified atom stereocenters. The van der Waals surface area contributed by atoms with Crippen LogP contribution in [0.1, 0.15) is 11.1 Å². The summed E-state index contributed by atoms with van der Waals surface area (Å²) in [4.78, 5) is 12.0. The number of benzene rings is 2. The topological polar surface area (TPSA) is 73.6 Å². The Hall–Kier alpha value is -2.37. The molecule has 5 heteroatoms. The van der Waals surface area contributed by atoms with Crippen molar-refractivity contribution in [3.63, 3.8) is 0 Å². The van der Waals surface area contributed by atoms with Gasteiger partial charge in [0.05, 0.1) is 13.7 Å². The minimum absolute atomic E-state index is 0.179. The molecule has 0 radical (unpaired) electrons. The van der Waals surface area contributed by atoms with Crippen molar-refractivity contribution in [1.29, 1.82) is 0 Å². The summed E-state index contributed by atoms with van der Waals surface area (Å²) in [6.07, 6.45) is 0.720. The summed E-state index contributed by atoms with van der Waals surface area (Å²) in [5.74, 6) is 0.510. The highest BCUT2D eigenvalue weighted by atomic mass is 16.5. The molecular weight excluding hydrogens is 292 g/mol. The van der Waals surface area contributed by atoms with Crippen LogP contribution in [0.4, 0.5) is 5.69 Å². The second-order valence-electron chi connectivity index (χ2n) is 5.24. The van der Waals surface area contributed by atoms with E-state index in [-0.39, 0.29) is 12.5 Å². The van der Waals surface area contributed by atoms with Crippen LogP contribution in [0, 0.1) is 0 Å². The molecule has 0 aliphatic carbocycles. The molecule has 3 N–H and O–H groups in total. The number of carbonyl (C=O) groups is 1. The predicted molar refractivity (Wildman–Crippen MR) is 90.7 cm³/mol. The third-order valence-corrected chi connectivity index (χ3v) is 3.47. The lowest BCUT2D eigenvalue weighted by atomic mass is 10.0. The van der Waals surface area contributed by atoms with Crippen LogP contribution < -0.4 is 15.8 Å². The molecule has 0 saturated carbocycles. The smallest absolute Gasteiger partial charge is 0.243 e. The molecule has 122 valence electrons. The summed E-state index contributed by atoms with van der Waals surface area (Å²) in [5.41, 5.74) is 8.59. The highest BCUT2D eigenvalue weighted by Gasteiger charge is 2.14. The second kappa shape index (κ2) is 8.31. The molecule has 1 amide bonds. The first-order chi connectivity index (χ1) is 11.1.